The van der Waals surface area contributed by atoms with Crippen LogP contribution in [0, 0.1) is 11.5 Å². The van der Waals surface area contributed by atoms with Gasteiger partial charge >= 0.3 is 0 Å². The lowest BCUT2D eigenvalue weighted by atomic mass is 10.1. The van der Waals surface area contributed by atoms with Gasteiger partial charge in [-0.2, -0.15) is 5.26 Å². The maximum absolute atomic E-state index is 8.46. The zero-order valence-corrected chi connectivity index (χ0v) is 10.2. The van der Waals surface area contributed by atoms with Gasteiger partial charge in [0.15, 0.2) is 12.0 Å². The van der Waals surface area contributed by atoms with E-state index in [4.69, 9.17) is 5.26 Å². The average molecular weight is 238 g/mol. The van der Waals surface area contributed by atoms with Crippen LogP contribution in [0.5, 0.6) is 0 Å². The monoisotopic (exact) mass is 238 g/mol. The summed E-state index contributed by atoms with van der Waals surface area (Å²) in [7, 11) is 0. The van der Waals surface area contributed by atoms with E-state index in [1.165, 1.54) is 5.56 Å². The first-order valence-electron chi connectivity index (χ1n) is 5.91. The number of aryl methyl sites for hydroxylation is 1. The molecule has 0 unspecified atom stereocenters. The number of nitrogens with one attached hydrogen (secondary N) is 1. The molecule has 0 aliphatic carbocycles. The highest BCUT2D eigenvalue weighted by molar-refractivity contribution is 5.60. The Kier molecular flexibility index (Phi) is 3.87. The van der Waals surface area contributed by atoms with Crippen molar-refractivity contribution in [2.24, 2.45) is 0 Å². The molecule has 0 saturated heterocycles. The molecule has 2 aromatic rings. The molecule has 0 saturated carbocycles. The second-order valence-electron chi connectivity index (χ2n) is 3.99. The Morgan fingerprint density at radius 3 is 2.44 bits per heavy atom. The molecule has 4 nitrogen and oxygen atoms in total. The van der Waals surface area contributed by atoms with Crippen molar-refractivity contribution in [2.45, 2.75) is 19.8 Å². The molecule has 18 heavy (non-hydrogen) atoms. The number of aromatic nitrogens is 2. The van der Waals surface area contributed by atoms with Crippen LogP contribution in [0.2, 0.25) is 0 Å². The zero-order valence-electron chi connectivity index (χ0n) is 10.2. The van der Waals surface area contributed by atoms with Gasteiger partial charge in [-0.3, -0.25) is 5.32 Å². The van der Waals surface area contributed by atoms with Gasteiger partial charge in [0.05, 0.1) is 5.69 Å². The Morgan fingerprint density at radius 1 is 1.11 bits per heavy atom. The first kappa shape index (κ1) is 12.1. The van der Waals surface area contributed by atoms with Crippen molar-refractivity contribution in [1.82, 2.24) is 10.2 Å². The Hall–Kier alpha value is -2.41. The number of hydrogen-bond acceptors (Lipinski definition) is 4. The summed E-state index contributed by atoms with van der Waals surface area (Å²) >= 11 is 0. The van der Waals surface area contributed by atoms with Crippen molar-refractivity contribution in [2.75, 3.05) is 5.32 Å². The maximum Gasteiger partial charge on any atom is 0.182 e. The quantitative estimate of drug-likeness (QED) is 0.657. The molecule has 0 bridgehead atoms. The summed E-state index contributed by atoms with van der Waals surface area (Å²) in [5.74, 6) is 0.462. The highest BCUT2D eigenvalue weighted by Crippen LogP contribution is 2.18. The molecule has 0 amide bonds. The van der Waals surface area contributed by atoms with Crippen LogP contribution in [-0.4, -0.2) is 10.2 Å². The van der Waals surface area contributed by atoms with E-state index < -0.39 is 0 Å². The van der Waals surface area contributed by atoms with Gasteiger partial charge in [-0.25, -0.2) is 0 Å². The lowest BCUT2D eigenvalue weighted by molar-refractivity contribution is 0.922. The van der Waals surface area contributed by atoms with E-state index in [1.54, 1.807) is 6.07 Å². The molecule has 1 aromatic carbocycles. The largest absolute Gasteiger partial charge is 0.275 e. The summed E-state index contributed by atoms with van der Waals surface area (Å²) in [6.07, 6.45) is 4.05. The molecule has 0 aliphatic heterocycles. The highest BCUT2D eigenvalue weighted by Gasteiger charge is 2.01. The molecule has 0 atom stereocenters. The van der Waals surface area contributed by atoms with Crippen LogP contribution in [0.1, 0.15) is 18.9 Å². The van der Waals surface area contributed by atoms with Gasteiger partial charge in [-0.05, 0) is 24.1 Å². The van der Waals surface area contributed by atoms with Crippen LogP contribution in [0.15, 0.2) is 36.4 Å². The SMILES string of the molecule is CCCc1ccc(-c2ccc(NC#N)nn2)cc1. The molecule has 1 heterocycles. The minimum atomic E-state index is 0.462. The van der Waals surface area contributed by atoms with Crippen molar-refractivity contribution in [3.05, 3.63) is 42.0 Å². The summed E-state index contributed by atoms with van der Waals surface area (Å²) in [6, 6.07) is 11.9. The fourth-order valence-corrected chi connectivity index (χ4v) is 1.74. The smallest absolute Gasteiger partial charge is 0.182 e. The number of rotatable bonds is 4. The summed E-state index contributed by atoms with van der Waals surface area (Å²) in [5.41, 5.74) is 3.17. The normalized spacial score (nSPS) is 9.78. The molecular formula is C14H14N4. The zero-order chi connectivity index (χ0) is 12.8. The van der Waals surface area contributed by atoms with Crippen molar-refractivity contribution in [1.29, 1.82) is 5.26 Å². The van der Waals surface area contributed by atoms with Gasteiger partial charge in [0.2, 0.25) is 0 Å². The summed E-state index contributed by atoms with van der Waals surface area (Å²) in [4.78, 5) is 0. The van der Waals surface area contributed by atoms with Crippen LogP contribution < -0.4 is 5.32 Å². The van der Waals surface area contributed by atoms with Crippen LogP contribution >= 0.6 is 0 Å². The number of nitrogens with zero attached hydrogens (tertiary/aromatic N) is 3. The molecular weight excluding hydrogens is 224 g/mol. The fourth-order valence-electron chi connectivity index (χ4n) is 1.74. The molecule has 4 heteroatoms. The highest BCUT2D eigenvalue weighted by atomic mass is 15.2. The van der Waals surface area contributed by atoms with Gasteiger partial charge in [-0.1, -0.05) is 37.6 Å². The number of anilines is 1. The first-order valence-corrected chi connectivity index (χ1v) is 5.91. The first-order chi connectivity index (χ1) is 8.83. The van der Waals surface area contributed by atoms with Crippen LogP contribution in [0.25, 0.3) is 11.3 Å². The van der Waals surface area contributed by atoms with E-state index >= 15 is 0 Å². The molecule has 0 aliphatic rings. The van der Waals surface area contributed by atoms with Gasteiger partial charge < -0.3 is 0 Å². The minimum absolute atomic E-state index is 0.462. The maximum atomic E-state index is 8.46. The Bertz CT molecular complexity index is 538. The average Bonchev–Trinajstić information content (AvgIpc) is 2.41. The summed E-state index contributed by atoms with van der Waals surface area (Å²) in [5, 5.41) is 18.9. The molecule has 90 valence electrons. The molecule has 0 fully saturated rings. The van der Waals surface area contributed by atoms with E-state index in [0.717, 1.165) is 24.1 Å². The van der Waals surface area contributed by atoms with Crippen LogP contribution in [-0.2, 0) is 6.42 Å². The second kappa shape index (κ2) is 5.78. The molecule has 1 aromatic heterocycles. The Morgan fingerprint density at radius 2 is 1.89 bits per heavy atom. The number of hydrogen-bond donors (Lipinski definition) is 1. The second-order valence-corrected chi connectivity index (χ2v) is 3.99. The molecule has 2 rings (SSSR count). The van der Waals surface area contributed by atoms with Gasteiger partial charge in [-0.15, -0.1) is 10.2 Å². The van der Waals surface area contributed by atoms with Crippen molar-refractivity contribution >= 4 is 5.82 Å². The Balaban J connectivity index is 2.18. The van der Waals surface area contributed by atoms with E-state index in [0.29, 0.717) is 5.82 Å². The van der Waals surface area contributed by atoms with E-state index in [9.17, 15) is 0 Å². The predicted molar refractivity (Wildman–Crippen MR) is 70.7 cm³/mol. The predicted octanol–water partition coefficient (Wildman–Crippen LogP) is 2.99. The standard InChI is InChI=1S/C14H14N4/c1-2-3-11-4-6-12(7-5-11)13-8-9-14(16-10-15)18-17-13/h4-9H,2-3H2,1H3,(H,16,18). The number of benzene rings is 1. The van der Waals surface area contributed by atoms with E-state index in [2.05, 4.69) is 34.6 Å². The fraction of sp³-hybridized carbons (Fsp3) is 0.214. The van der Waals surface area contributed by atoms with Crippen LogP contribution in [0.4, 0.5) is 5.82 Å². The Labute approximate surface area is 106 Å². The van der Waals surface area contributed by atoms with Gasteiger partial charge in [0.1, 0.15) is 0 Å². The minimum Gasteiger partial charge on any atom is -0.275 e. The summed E-state index contributed by atoms with van der Waals surface area (Å²) < 4.78 is 0. The van der Waals surface area contributed by atoms with Crippen molar-refractivity contribution in [3.63, 3.8) is 0 Å². The topological polar surface area (TPSA) is 61.6 Å². The number of nitriles is 1. The third kappa shape index (κ3) is 2.83. The third-order valence-corrected chi connectivity index (χ3v) is 2.64. The van der Waals surface area contributed by atoms with E-state index in [-0.39, 0.29) is 0 Å². The lowest BCUT2D eigenvalue weighted by Crippen LogP contribution is -1.95. The van der Waals surface area contributed by atoms with E-state index in [1.807, 2.05) is 24.4 Å². The van der Waals surface area contributed by atoms with Gasteiger partial charge in [0, 0.05) is 5.56 Å². The molecule has 1 N–H and O–H groups in total. The summed E-state index contributed by atoms with van der Waals surface area (Å²) in [6.45, 7) is 2.17. The van der Waals surface area contributed by atoms with Crippen molar-refractivity contribution in [3.8, 4) is 17.5 Å². The molecule has 0 spiro atoms. The van der Waals surface area contributed by atoms with Crippen LogP contribution in [0.3, 0.4) is 0 Å². The molecule has 0 radical (unpaired) electrons. The third-order valence-electron chi connectivity index (χ3n) is 2.64. The van der Waals surface area contributed by atoms with Crippen molar-refractivity contribution < 1.29 is 0 Å². The van der Waals surface area contributed by atoms with Gasteiger partial charge in [0.25, 0.3) is 0 Å². The lowest BCUT2D eigenvalue weighted by Gasteiger charge is -2.03.